The van der Waals surface area contributed by atoms with Gasteiger partial charge in [-0.05, 0) is 24.6 Å². The zero-order valence-electron chi connectivity index (χ0n) is 17.0. The zero-order valence-corrected chi connectivity index (χ0v) is 17.8. The van der Waals surface area contributed by atoms with Crippen LogP contribution in [0.2, 0.25) is 0 Å². The Bertz CT molecular complexity index is 1130. The third kappa shape index (κ3) is 4.23. The van der Waals surface area contributed by atoms with Gasteiger partial charge >= 0.3 is 0 Å². The average Bonchev–Trinajstić information content (AvgIpc) is 2.88. The van der Waals surface area contributed by atoms with Gasteiger partial charge in [-0.1, -0.05) is 43.3 Å². The lowest BCUT2D eigenvalue weighted by Crippen LogP contribution is -2.36. The van der Waals surface area contributed by atoms with Crippen molar-refractivity contribution in [2.75, 3.05) is 10.7 Å². The zero-order chi connectivity index (χ0) is 22.0. The van der Waals surface area contributed by atoms with Gasteiger partial charge in [0.15, 0.2) is 5.69 Å². The van der Waals surface area contributed by atoms with E-state index in [0.29, 0.717) is 22.1 Å². The molecule has 1 aliphatic heterocycles. The van der Waals surface area contributed by atoms with Crippen LogP contribution >= 0.6 is 11.8 Å². The molecule has 31 heavy (non-hydrogen) atoms. The number of para-hydroxylation sites is 1. The van der Waals surface area contributed by atoms with Gasteiger partial charge in [-0.15, -0.1) is 10.2 Å². The number of carbonyl (C=O) groups excluding carboxylic acids is 1. The number of unbranched alkanes of at least 4 members (excludes halogenated alkanes) is 1. The molecule has 2 aromatic carbocycles. The summed E-state index contributed by atoms with van der Waals surface area (Å²) in [4.78, 5) is 18.5. The molecule has 1 aliphatic rings. The Labute approximate surface area is 182 Å². The summed E-state index contributed by atoms with van der Waals surface area (Å²) >= 11 is 1.45. The Kier molecular flexibility index (Phi) is 6.13. The minimum Gasteiger partial charge on any atom is -0.447 e. The van der Waals surface area contributed by atoms with Crippen LogP contribution in [0.3, 0.4) is 0 Å². The van der Waals surface area contributed by atoms with Gasteiger partial charge < -0.3 is 4.74 Å². The van der Waals surface area contributed by atoms with Crippen molar-refractivity contribution in [1.82, 2.24) is 15.2 Å². The molecule has 1 atom stereocenters. The van der Waals surface area contributed by atoms with Crippen LogP contribution in [-0.2, 0) is 4.79 Å². The Morgan fingerprint density at radius 1 is 1.19 bits per heavy atom. The van der Waals surface area contributed by atoms with Gasteiger partial charge in [0.1, 0.15) is 11.6 Å². The van der Waals surface area contributed by atoms with Crippen LogP contribution in [0.5, 0.6) is 5.88 Å². The molecular weight excluding hydrogens is 422 g/mol. The maximum Gasteiger partial charge on any atom is 0.247 e. The van der Waals surface area contributed by atoms with Gasteiger partial charge in [0.05, 0.1) is 5.69 Å². The van der Waals surface area contributed by atoms with E-state index < -0.39 is 17.9 Å². The maximum atomic E-state index is 14.7. The first kappa shape index (κ1) is 21.2. The first-order valence-electron chi connectivity index (χ1n) is 9.88. The number of fused-ring (bicyclic) bond motifs is 3. The third-order valence-corrected chi connectivity index (χ3v) is 5.73. The standard InChI is InChI=1S/C22H20F2N4O2S/c1-3-4-11-31-22-25-20-19(26-27-22)16-7-5-6-8-18(16)28(13(2)29)21(30-20)15-10-9-14(23)12-17(15)24/h5-10,12,21H,3-4,11H2,1-2H3/t21-/m0/s1. The van der Waals surface area contributed by atoms with Gasteiger partial charge in [-0.2, -0.15) is 4.98 Å². The molecular formula is C22H20F2N4O2S. The number of carbonyl (C=O) groups is 1. The predicted molar refractivity (Wildman–Crippen MR) is 114 cm³/mol. The second-order valence-electron chi connectivity index (χ2n) is 6.99. The van der Waals surface area contributed by atoms with Crippen LogP contribution in [0.1, 0.15) is 38.5 Å². The number of benzene rings is 2. The van der Waals surface area contributed by atoms with E-state index in [1.807, 2.05) is 0 Å². The van der Waals surface area contributed by atoms with Crippen LogP contribution in [-0.4, -0.2) is 26.8 Å². The van der Waals surface area contributed by atoms with Crippen LogP contribution < -0.4 is 9.64 Å². The number of anilines is 1. The molecule has 0 radical (unpaired) electrons. The van der Waals surface area contributed by atoms with Crippen molar-refractivity contribution in [2.45, 2.75) is 38.1 Å². The van der Waals surface area contributed by atoms with Crippen molar-refractivity contribution in [3.8, 4) is 17.1 Å². The molecule has 4 rings (SSSR count). The number of hydrogen-bond acceptors (Lipinski definition) is 6. The third-order valence-electron chi connectivity index (χ3n) is 4.81. The lowest BCUT2D eigenvalue weighted by atomic mass is 10.1. The SMILES string of the molecule is CCCCSc1nnc2c(n1)O[C@@H](c1ccc(F)cc1F)N(C(C)=O)c1ccccc1-2. The molecule has 9 heteroatoms. The summed E-state index contributed by atoms with van der Waals surface area (Å²) in [6.07, 6.45) is 0.844. The molecule has 6 nitrogen and oxygen atoms in total. The van der Waals surface area contributed by atoms with E-state index in [-0.39, 0.29) is 17.4 Å². The molecule has 2 heterocycles. The monoisotopic (exact) mass is 442 g/mol. The van der Waals surface area contributed by atoms with Crippen LogP contribution in [0.25, 0.3) is 11.3 Å². The number of amides is 1. The fourth-order valence-electron chi connectivity index (χ4n) is 3.33. The number of hydrogen-bond donors (Lipinski definition) is 0. The average molecular weight is 442 g/mol. The van der Waals surface area contributed by atoms with E-state index in [9.17, 15) is 13.6 Å². The highest BCUT2D eigenvalue weighted by molar-refractivity contribution is 7.99. The summed E-state index contributed by atoms with van der Waals surface area (Å²) in [5.41, 5.74) is 1.43. The molecule has 1 aromatic heterocycles. The lowest BCUT2D eigenvalue weighted by Gasteiger charge is -2.30. The van der Waals surface area contributed by atoms with E-state index in [0.717, 1.165) is 30.7 Å². The molecule has 3 aromatic rings. The smallest absolute Gasteiger partial charge is 0.247 e. The molecule has 160 valence electrons. The summed E-state index contributed by atoms with van der Waals surface area (Å²) < 4.78 is 34.3. The number of nitrogens with zero attached hydrogens (tertiary/aromatic N) is 4. The summed E-state index contributed by atoms with van der Waals surface area (Å²) in [5, 5.41) is 8.93. The van der Waals surface area contributed by atoms with Crippen molar-refractivity contribution in [2.24, 2.45) is 0 Å². The minimum absolute atomic E-state index is 0.0121. The molecule has 0 N–H and O–H groups in total. The quantitative estimate of drug-likeness (QED) is 0.402. The van der Waals surface area contributed by atoms with Crippen LogP contribution in [0, 0.1) is 11.6 Å². The van der Waals surface area contributed by atoms with Crippen molar-refractivity contribution in [1.29, 1.82) is 0 Å². The molecule has 0 aliphatic carbocycles. The largest absolute Gasteiger partial charge is 0.447 e. The van der Waals surface area contributed by atoms with Crippen molar-refractivity contribution in [3.05, 3.63) is 59.7 Å². The van der Waals surface area contributed by atoms with Gasteiger partial charge in [0.25, 0.3) is 0 Å². The predicted octanol–water partition coefficient (Wildman–Crippen LogP) is 5.15. The number of thioether (sulfide) groups is 1. The second kappa shape index (κ2) is 8.97. The van der Waals surface area contributed by atoms with Gasteiger partial charge in [-0.3, -0.25) is 9.69 Å². The number of halogens is 2. The summed E-state index contributed by atoms with van der Waals surface area (Å²) in [6.45, 7) is 3.45. The van der Waals surface area contributed by atoms with Gasteiger partial charge in [-0.25, -0.2) is 8.78 Å². The fraction of sp³-hybridized carbons (Fsp3) is 0.273. The highest BCUT2D eigenvalue weighted by Crippen LogP contribution is 2.43. The molecule has 1 amide bonds. The van der Waals surface area contributed by atoms with Crippen molar-refractivity contribution >= 4 is 23.4 Å². The van der Waals surface area contributed by atoms with E-state index in [4.69, 9.17) is 4.74 Å². The highest BCUT2D eigenvalue weighted by atomic mass is 32.2. The molecule has 0 fully saturated rings. The van der Waals surface area contributed by atoms with Crippen molar-refractivity contribution in [3.63, 3.8) is 0 Å². The Morgan fingerprint density at radius 3 is 2.74 bits per heavy atom. The van der Waals surface area contributed by atoms with E-state index in [1.54, 1.807) is 24.3 Å². The molecule has 0 saturated heterocycles. The van der Waals surface area contributed by atoms with Gasteiger partial charge in [0, 0.05) is 29.9 Å². The first-order chi connectivity index (χ1) is 15.0. The van der Waals surface area contributed by atoms with Crippen molar-refractivity contribution < 1.29 is 18.3 Å². The normalized spacial score (nSPS) is 15.0. The first-order valence-corrected chi connectivity index (χ1v) is 10.9. The van der Waals surface area contributed by atoms with Crippen LogP contribution in [0.4, 0.5) is 14.5 Å². The second-order valence-corrected chi connectivity index (χ2v) is 8.05. The maximum absolute atomic E-state index is 14.7. The fourth-order valence-corrected chi connectivity index (χ4v) is 4.19. The minimum atomic E-state index is -1.19. The summed E-state index contributed by atoms with van der Waals surface area (Å²) in [6, 6.07) is 10.2. The van der Waals surface area contributed by atoms with E-state index in [1.165, 1.54) is 29.7 Å². The topological polar surface area (TPSA) is 68.2 Å². The molecule has 0 saturated carbocycles. The number of aromatic nitrogens is 3. The number of rotatable bonds is 5. The van der Waals surface area contributed by atoms with E-state index >= 15 is 0 Å². The summed E-state index contributed by atoms with van der Waals surface area (Å²) in [7, 11) is 0. The lowest BCUT2D eigenvalue weighted by molar-refractivity contribution is -0.118. The highest BCUT2D eigenvalue weighted by Gasteiger charge is 2.36. The number of ether oxygens (including phenoxy) is 1. The Hall–Kier alpha value is -3.07. The van der Waals surface area contributed by atoms with E-state index in [2.05, 4.69) is 22.1 Å². The Balaban J connectivity index is 1.87. The molecule has 0 unspecified atom stereocenters. The summed E-state index contributed by atoms with van der Waals surface area (Å²) in [5.74, 6) is -0.956. The molecule has 0 spiro atoms. The molecule has 0 bridgehead atoms. The Morgan fingerprint density at radius 2 is 2.00 bits per heavy atom. The van der Waals surface area contributed by atoms with Crippen LogP contribution in [0.15, 0.2) is 47.6 Å². The van der Waals surface area contributed by atoms with Gasteiger partial charge in [0.2, 0.25) is 23.2 Å².